The molecule has 0 aromatic rings. The molecule has 0 aliphatic carbocycles. The van der Waals surface area contributed by atoms with Crippen LogP contribution in [-0.2, 0) is 0 Å². The van der Waals surface area contributed by atoms with Crippen molar-refractivity contribution in [2.75, 3.05) is 0 Å². The van der Waals surface area contributed by atoms with E-state index in [4.69, 9.17) is 0 Å². The van der Waals surface area contributed by atoms with Crippen molar-refractivity contribution in [3.63, 3.8) is 0 Å². The molecule has 0 spiro atoms. The maximum Gasteiger partial charge on any atom is 0.132 e. The van der Waals surface area contributed by atoms with Crippen LogP contribution in [0.3, 0.4) is 0 Å². The fourth-order valence-corrected chi connectivity index (χ4v) is 1.64. The normalized spacial score (nSPS) is 12.4. The molecule has 0 fully saturated rings. The third-order valence-electron chi connectivity index (χ3n) is 0.365. The molecule has 1 nitrogen and oxygen atoms in total. The summed E-state index contributed by atoms with van der Waals surface area (Å²) in [6.07, 6.45) is 0. The molecular weight excluding hydrogens is 94.2 g/mol. The molecule has 0 atom stereocenters. The summed E-state index contributed by atoms with van der Waals surface area (Å²) in [5.74, 6) is 0. The maximum absolute atomic E-state index is 4.19. The smallest absolute Gasteiger partial charge is 0.132 e. The van der Waals surface area contributed by atoms with Gasteiger partial charge in [-0.1, -0.05) is 6.55 Å². The van der Waals surface area contributed by atoms with Crippen LogP contribution in [0.25, 0.3) is 0 Å². The molecule has 0 saturated heterocycles. The predicted octanol–water partition coefficient (Wildman–Crippen LogP) is -0.214. The van der Waals surface area contributed by atoms with Crippen LogP contribution >= 0.6 is 0 Å². The molecular formula is C2H9NSi2. The Morgan fingerprint density at radius 1 is 1.80 bits per heavy atom. The first kappa shape index (κ1) is 5.23. The van der Waals surface area contributed by atoms with E-state index in [9.17, 15) is 0 Å². The third kappa shape index (κ3) is 4.23. The van der Waals surface area contributed by atoms with Gasteiger partial charge in [0.15, 0.2) is 0 Å². The van der Waals surface area contributed by atoms with Crippen molar-refractivity contribution >= 4 is 19.0 Å². The van der Waals surface area contributed by atoms with Gasteiger partial charge in [0.25, 0.3) is 0 Å². The molecule has 5 heavy (non-hydrogen) atoms. The molecule has 0 saturated carbocycles. The van der Waals surface area contributed by atoms with Gasteiger partial charge in [-0.2, -0.15) is 0 Å². The lowest BCUT2D eigenvalue weighted by molar-refractivity contribution is 1.87. The van der Waals surface area contributed by atoms with Crippen molar-refractivity contribution in [2.45, 2.75) is 13.1 Å². The van der Waals surface area contributed by atoms with Gasteiger partial charge in [0, 0.05) is 0 Å². The lowest BCUT2D eigenvalue weighted by atomic mass is 11.9. The van der Waals surface area contributed by atoms with E-state index < -0.39 is 0 Å². The summed E-state index contributed by atoms with van der Waals surface area (Å²) < 4.78 is 4.19. The van der Waals surface area contributed by atoms with E-state index >= 15 is 0 Å². The second-order valence-electron chi connectivity index (χ2n) is 0.757. The molecule has 0 aliphatic heterocycles. The molecule has 0 heterocycles. The minimum absolute atomic E-state index is 0.0760. The lowest BCUT2D eigenvalue weighted by Crippen LogP contribution is -1.70. The molecule has 0 unspecified atom stereocenters. The highest BCUT2D eigenvalue weighted by Gasteiger charge is 1.54. The number of hydrogen-bond donors (Lipinski definition) is 0. The van der Waals surface area contributed by atoms with Crippen LogP contribution in [0.2, 0.25) is 13.1 Å². The minimum Gasteiger partial charge on any atom is -0.378 e. The van der Waals surface area contributed by atoms with E-state index in [2.05, 4.69) is 17.4 Å². The molecule has 0 amide bonds. The molecule has 0 bridgehead atoms. The van der Waals surface area contributed by atoms with Crippen molar-refractivity contribution in [2.24, 2.45) is 4.30 Å². The Bertz CT molecular complexity index is 34.6. The van der Waals surface area contributed by atoms with Crippen LogP contribution in [0.1, 0.15) is 0 Å². The van der Waals surface area contributed by atoms with Crippen LogP contribution in [0.5, 0.6) is 0 Å². The second kappa shape index (κ2) is 4.23. The van der Waals surface area contributed by atoms with E-state index in [-0.39, 0.29) is 9.68 Å². The lowest BCUT2D eigenvalue weighted by Gasteiger charge is -1.67. The number of rotatable bonds is 1. The Morgan fingerprint density at radius 2 is 2.40 bits per heavy atom. The zero-order valence-corrected chi connectivity index (χ0v) is 6.30. The van der Waals surface area contributed by atoms with Gasteiger partial charge in [-0.25, -0.2) is 0 Å². The van der Waals surface area contributed by atoms with Gasteiger partial charge in [-0.15, -0.1) is 0 Å². The van der Waals surface area contributed by atoms with Crippen LogP contribution in [0.4, 0.5) is 0 Å². The third-order valence-corrected chi connectivity index (χ3v) is 3.29. The van der Waals surface area contributed by atoms with Crippen molar-refractivity contribution in [1.82, 2.24) is 0 Å². The van der Waals surface area contributed by atoms with Gasteiger partial charge in [0.2, 0.25) is 0 Å². The van der Waals surface area contributed by atoms with Gasteiger partial charge in [-0.3, -0.25) is 0 Å². The molecule has 0 N–H and O–H groups in total. The van der Waals surface area contributed by atoms with E-state index in [1.807, 2.05) is 0 Å². The molecule has 0 radical (unpaired) electrons. The Labute approximate surface area is 37.2 Å². The van der Waals surface area contributed by atoms with E-state index in [0.29, 0.717) is 9.31 Å². The first-order chi connectivity index (χ1) is 2.41. The van der Waals surface area contributed by atoms with Crippen LogP contribution in [0.15, 0.2) is 4.30 Å². The predicted molar refractivity (Wildman–Crippen MR) is 29.8 cm³/mol. The fourth-order valence-electron chi connectivity index (χ4n) is 0.183. The summed E-state index contributed by atoms with van der Waals surface area (Å²) in [6, 6.07) is 0. The standard InChI is InChI=1S/C2H9NSi2/c1-4-3-5-2/h4H,5H2,1-2H3/b4-3+. The first-order valence-corrected chi connectivity index (χ1v) is 5.58. The molecule has 0 aliphatic rings. The summed E-state index contributed by atoms with van der Waals surface area (Å²) in [7, 11) is 0.549. The van der Waals surface area contributed by atoms with Crippen molar-refractivity contribution in [3.05, 3.63) is 0 Å². The Morgan fingerprint density at radius 3 is 2.40 bits per heavy atom. The van der Waals surface area contributed by atoms with Crippen LogP contribution in [-0.4, -0.2) is 19.0 Å². The van der Waals surface area contributed by atoms with Gasteiger partial charge in [0.05, 0.1) is 9.31 Å². The molecule has 0 aromatic carbocycles. The Balaban J connectivity index is 2.62. The van der Waals surface area contributed by atoms with E-state index in [1.54, 1.807) is 0 Å². The number of hydrogen-bond acceptors (Lipinski definition) is 1. The molecule has 0 aromatic heterocycles. The highest BCUT2D eigenvalue weighted by Crippen LogP contribution is 1.52. The maximum atomic E-state index is 4.19. The van der Waals surface area contributed by atoms with Gasteiger partial charge < -0.3 is 4.30 Å². The molecule has 0 rings (SSSR count). The average molecular weight is 103 g/mol. The summed E-state index contributed by atoms with van der Waals surface area (Å²) in [5.41, 5.74) is 0. The Kier molecular flexibility index (Phi) is 4.43. The zero-order chi connectivity index (χ0) is 4.12. The van der Waals surface area contributed by atoms with Gasteiger partial charge >= 0.3 is 0 Å². The van der Waals surface area contributed by atoms with Crippen molar-refractivity contribution in [3.8, 4) is 0 Å². The van der Waals surface area contributed by atoms with Crippen molar-refractivity contribution in [1.29, 1.82) is 0 Å². The molecule has 3 heteroatoms. The SMILES string of the molecule is C/[SiH]=N/[SiH2]C. The van der Waals surface area contributed by atoms with Crippen molar-refractivity contribution < 1.29 is 0 Å². The molecule has 30 valence electrons. The van der Waals surface area contributed by atoms with Gasteiger partial charge in [-0.05, 0) is 6.55 Å². The first-order valence-electron chi connectivity index (χ1n) is 1.86. The summed E-state index contributed by atoms with van der Waals surface area (Å²) in [4.78, 5) is 0. The fraction of sp³-hybridized carbons (Fsp3) is 1.00. The second-order valence-corrected chi connectivity index (χ2v) is 3.37. The quantitative estimate of drug-likeness (QED) is 0.407. The van der Waals surface area contributed by atoms with E-state index in [1.165, 1.54) is 0 Å². The topological polar surface area (TPSA) is 12.4 Å². The van der Waals surface area contributed by atoms with Gasteiger partial charge in [0.1, 0.15) is 9.68 Å². The highest BCUT2D eigenvalue weighted by molar-refractivity contribution is 6.40. The van der Waals surface area contributed by atoms with Crippen LogP contribution in [0, 0.1) is 0 Å². The number of nitrogens with zero attached hydrogens (tertiary/aromatic N) is 1. The Hall–Kier alpha value is 0.234. The largest absolute Gasteiger partial charge is 0.378 e. The minimum atomic E-state index is 0.0760. The summed E-state index contributed by atoms with van der Waals surface area (Å²) >= 11 is 0. The van der Waals surface area contributed by atoms with Crippen LogP contribution < -0.4 is 0 Å². The highest BCUT2D eigenvalue weighted by atomic mass is 28.3. The monoisotopic (exact) mass is 103 g/mol. The zero-order valence-electron chi connectivity index (χ0n) is 3.73. The van der Waals surface area contributed by atoms with E-state index in [0.717, 1.165) is 0 Å². The summed E-state index contributed by atoms with van der Waals surface area (Å²) in [5, 5.41) is 0. The summed E-state index contributed by atoms with van der Waals surface area (Å²) in [6.45, 7) is 4.37. The average Bonchev–Trinajstić information content (AvgIpc) is 1.41.